The highest BCUT2D eigenvalue weighted by atomic mass is 35.5. The molecule has 0 heterocycles. The zero-order valence-electron chi connectivity index (χ0n) is 10.1. The smallest absolute Gasteiger partial charge is 0.335 e. The average molecular weight is 296 g/mol. The summed E-state index contributed by atoms with van der Waals surface area (Å²) in [6.45, 7) is 1.83. The number of hydrogen-bond donors (Lipinski definition) is 2. The summed E-state index contributed by atoms with van der Waals surface area (Å²) in [7, 11) is 0. The molecule has 0 saturated carbocycles. The molecule has 0 amide bonds. The lowest BCUT2D eigenvalue weighted by Crippen LogP contribution is -1.99. The van der Waals surface area contributed by atoms with Gasteiger partial charge in [-0.15, -0.1) is 0 Å². The Labute approximate surface area is 120 Å². The van der Waals surface area contributed by atoms with E-state index in [1.807, 2.05) is 6.92 Å². The predicted octanol–water partition coefficient (Wildman–Crippen LogP) is 4.74. The number of halogens is 2. The van der Waals surface area contributed by atoms with E-state index in [4.69, 9.17) is 28.3 Å². The van der Waals surface area contributed by atoms with Gasteiger partial charge in [-0.05, 0) is 48.9 Å². The number of hydrogen-bond acceptors (Lipinski definition) is 2. The summed E-state index contributed by atoms with van der Waals surface area (Å²) in [6.07, 6.45) is 0. The second-order valence-electron chi connectivity index (χ2n) is 4.08. The lowest BCUT2D eigenvalue weighted by molar-refractivity contribution is 0.0697. The second kappa shape index (κ2) is 5.51. The fraction of sp³-hybridized carbons (Fsp3) is 0.0714. The SMILES string of the molecule is Cc1cc(C(=O)O)ccc1Nc1cc(Cl)ccc1Cl. The number of carboxylic acid groups (broad SMARTS) is 1. The minimum Gasteiger partial charge on any atom is -0.478 e. The largest absolute Gasteiger partial charge is 0.478 e. The van der Waals surface area contributed by atoms with Crippen molar-refractivity contribution >= 4 is 40.5 Å². The molecular formula is C14H11Cl2NO2. The standard InChI is InChI=1S/C14H11Cl2NO2/c1-8-6-9(14(18)19)2-5-12(8)17-13-7-10(15)3-4-11(13)16/h2-7,17H,1H3,(H,18,19). The molecule has 0 aliphatic rings. The number of aromatic carboxylic acids is 1. The topological polar surface area (TPSA) is 49.3 Å². The Morgan fingerprint density at radius 2 is 1.84 bits per heavy atom. The van der Waals surface area contributed by atoms with Crippen LogP contribution >= 0.6 is 23.2 Å². The Morgan fingerprint density at radius 3 is 2.47 bits per heavy atom. The van der Waals surface area contributed by atoms with Gasteiger partial charge in [-0.1, -0.05) is 23.2 Å². The van der Waals surface area contributed by atoms with Gasteiger partial charge in [-0.3, -0.25) is 0 Å². The lowest BCUT2D eigenvalue weighted by atomic mass is 10.1. The van der Waals surface area contributed by atoms with Gasteiger partial charge in [0.05, 0.1) is 16.3 Å². The maximum absolute atomic E-state index is 10.9. The fourth-order valence-electron chi connectivity index (χ4n) is 1.68. The summed E-state index contributed by atoms with van der Waals surface area (Å²) in [5.41, 5.74) is 2.53. The molecule has 0 unspecified atom stereocenters. The van der Waals surface area contributed by atoms with Crippen molar-refractivity contribution in [3.8, 4) is 0 Å². The fourth-order valence-corrected chi connectivity index (χ4v) is 2.01. The molecule has 98 valence electrons. The molecular weight excluding hydrogens is 285 g/mol. The molecule has 0 saturated heterocycles. The molecule has 2 aromatic rings. The van der Waals surface area contributed by atoms with Crippen molar-refractivity contribution in [3.05, 3.63) is 57.6 Å². The predicted molar refractivity (Wildman–Crippen MR) is 77.9 cm³/mol. The van der Waals surface area contributed by atoms with Crippen molar-refractivity contribution in [1.29, 1.82) is 0 Å². The van der Waals surface area contributed by atoms with E-state index >= 15 is 0 Å². The number of carboxylic acids is 1. The first kappa shape index (κ1) is 13.7. The third-order valence-corrected chi connectivity index (χ3v) is 3.24. The second-order valence-corrected chi connectivity index (χ2v) is 4.93. The zero-order valence-corrected chi connectivity index (χ0v) is 11.6. The van der Waals surface area contributed by atoms with E-state index in [9.17, 15) is 4.79 Å². The Bertz CT molecular complexity index is 641. The van der Waals surface area contributed by atoms with Gasteiger partial charge in [0.15, 0.2) is 0 Å². The molecule has 0 spiro atoms. The highest BCUT2D eigenvalue weighted by Crippen LogP contribution is 2.29. The molecule has 2 N–H and O–H groups in total. The Hall–Kier alpha value is -1.71. The highest BCUT2D eigenvalue weighted by molar-refractivity contribution is 6.35. The number of benzene rings is 2. The van der Waals surface area contributed by atoms with Gasteiger partial charge in [0.1, 0.15) is 0 Å². The molecule has 0 atom stereocenters. The van der Waals surface area contributed by atoms with E-state index in [1.165, 1.54) is 6.07 Å². The number of anilines is 2. The van der Waals surface area contributed by atoms with E-state index in [2.05, 4.69) is 5.32 Å². The molecule has 3 nitrogen and oxygen atoms in total. The van der Waals surface area contributed by atoms with Crippen LogP contribution < -0.4 is 5.32 Å². The van der Waals surface area contributed by atoms with Crippen molar-refractivity contribution in [2.75, 3.05) is 5.32 Å². The quantitative estimate of drug-likeness (QED) is 0.859. The van der Waals surface area contributed by atoms with E-state index in [0.29, 0.717) is 15.7 Å². The monoisotopic (exact) mass is 295 g/mol. The maximum atomic E-state index is 10.9. The molecule has 2 rings (SSSR count). The summed E-state index contributed by atoms with van der Waals surface area (Å²) in [5.74, 6) is -0.949. The Morgan fingerprint density at radius 1 is 1.11 bits per heavy atom. The van der Waals surface area contributed by atoms with Crippen LogP contribution in [0.2, 0.25) is 10.0 Å². The summed E-state index contributed by atoms with van der Waals surface area (Å²) in [6, 6.07) is 9.96. The third kappa shape index (κ3) is 3.19. The van der Waals surface area contributed by atoms with Crippen LogP contribution in [0.5, 0.6) is 0 Å². The molecule has 0 aliphatic carbocycles. The van der Waals surface area contributed by atoms with Crippen LogP contribution in [0.4, 0.5) is 11.4 Å². The first-order chi connectivity index (χ1) is 8.97. The van der Waals surface area contributed by atoms with E-state index in [1.54, 1.807) is 30.3 Å². The summed E-state index contributed by atoms with van der Waals surface area (Å²) in [5, 5.41) is 13.2. The molecule has 0 bridgehead atoms. The molecule has 0 aromatic heterocycles. The number of rotatable bonds is 3. The van der Waals surface area contributed by atoms with Gasteiger partial charge in [0.25, 0.3) is 0 Å². The van der Waals surface area contributed by atoms with Crippen LogP contribution in [0.1, 0.15) is 15.9 Å². The van der Waals surface area contributed by atoms with Gasteiger partial charge in [-0.2, -0.15) is 0 Å². The number of nitrogens with one attached hydrogen (secondary N) is 1. The van der Waals surface area contributed by atoms with Crippen LogP contribution in [0.3, 0.4) is 0 Å². The summed E-state index contributed by atoms with van der Waals surface area (Å²) in [4.78, 5) is 10.9. The van der Waals surface area contributed by atoms with Crippen molar-refractivity contribution in [2.45, 2.75) is 6.92 Å². The zero-order chi connectivity index (χ0) is 14.0. The Kier molecular flexibility index (Phi) is 3.98. The number of carbonyl (C=O) groups is 1. The van der Waals surface area contributed by atoms with Gasteiger partial charge < -0.3 is 10.4 Å². The summed E-state index contributed by atoms with van der Waals surface area (Å²) >= 11 is 12.0. The van der Waals surface area contributed by atoms with E-state index < -0.39 is 5.97 Å². The Balaban J connectivity index is 2.33. The average Bonchev–Trinajstić information content (AvgIpc) is 2.36. The van der Waals surface area contributed by atoms with E-state index in [-0.39, 0.29) is 5.56 Å². The molecule has 2 aromatic carbocycles. The minimum atomic E-state index is -0.949. The van der Waals surface area contributed by atoms with Gasteiger partial charge >= 0.3 is 5.97 Å². The third-order valence-electron chi connectivity index (χ3n) is 2.67. The van der Waals surface area contributed by atoms with Crippen LogP contribution in [0.15, 0.2) is 36.4 Å². The van der Waals surface area contributed by atoms with Crippen LogP contribution in [-0.2, 0) is 0 Å². The number of aryl methyl sites for hydroxylation is 1. The van der Waals surface area contributed by atoms with Crippen molar-refractivity contribution in [3.63, 3.8) is 0 Å². The van der Waals surface area contributed by atoms with Gasteiger partial charge in [-0.25, -0.2) is 4.79 Å². The summed E-state index contributed by atoms with van der Waals surface area (Å²) < 4.78 is 0. The molecule has 0 radical (unpaired) electrons. The van der Waals surface area contributed by atoms with Crippen molar-refractivity contribution < 1.29 is 9.90 Å². The molecule has 0 fully saturated rings. The lowest BCUT2D eigenvalue weighted by Gasteiger charge is -2.12. The van der Waals surface area contributed by atoms with Gasteiger partial charge in [0, 0.05) is 10.7 Å². The van der Waals surface area contributed by atoms with Gasteiger partial charge in [0.2, 0.25) is 0 Å². The first-order valence-electron chi connectivity index (χ1n) is 5.53. The highest BCUT2D eigenvalue weighted by Gasteiger charge is 2.07. The van der Waals surface area contributed by atoms with Crippen molar-refractivity contribution in [2.24, 2.45) is 0 Å². The maximum Gasteiger partial charge on any atom is 0.335 e. The van der Waals surface area contributed by atoms with Crippen LogP contribution in [-0.4, -0.2) is 11.1 Å². The minimum absolute atomic E-state index is 0.250. The molecule has 5 heteroatoms. The molecule has 0 aliphatic heterocycles. The molecule has 19 heavy (non-hydrogen) atoms. The van der Waals surface area contributed by atoms with Crippen LogP contribution in [0, 0.1) is 6.92 Å². The van der Waals surface area contributed by atoms with E-state index in [0.717, 1.165) is 11.3 Å². The van der Waals surface area contributed by atoms with Crippen LogP contribution in [0.25, 0.3) is 0 Å². The van der Waals surface area contributed by atoms with Crippen molar-refractivity contribution in [1.82, 2.24) is 0 Å². The normalized spacial score (nSPS) is 10.3. The first-order valence-corrected chi connectivity index (χ1v) is 6.29.